The number of halogens is 4. The van der Waals surface area contributed by atoms with Gasteiger partial charge in [0.1, 0.15) is 5.60 Å². The number of hydrogen-bond acceptors (Lipinski definition) is 5. The fourth-order valence-electron chi connectivity index (χ4n) is 5.12. The van der Waals surface area contributed by atoms with Crippen LogP contribution in [-0.2, 0) is 27.1 Å². The van der Waals surface area contributed by atoms with Gasteiger partial charge in [0.2, 0.25) is 0 Å². The molecule has 2 aliphatic heterocycles. The van der Waals surface area contributed by atoms with Gasteiger partial charge in [0, 0.05) is 42.9 Å². The van der Waals surface area contributed by atoms with Gasteiger partial charge in [-0.05, 0) is 101 Å². The van der Waals surface area contributed by atoms with Crippen molar-refractivity contribution in [3.63, 3.8) is 0 Å². The zero-order valence-electron chi connectivity index (χ0n) is 26.4. The summed E-state index contributed by atoms with van der Waals surface area (Å²) in [4.78, 5) is 14.3. The molecule has 0 saturated carbocycles. The molecule has 4 atom stereocenters. The van der Waals surface area contributed by atoms with E-state index in [0.717, 1.165) is 60.7 Å². The highest BCUT2D eigenvalue weighted by atomic mass is 35.5. The van der Waals surface area contributed by atoms with Crippen molar-refractivity contribution in [2.75, 3.05) is 34.5 Å². The zero-order chi connectivity index (χ0) is 31.1. The van der Waals surface area contributed by atoms with Gasteiger partial charge in [0.15, 0.2) is 0 Å². The Hall–Kier alpha value is -1.61. The molecule has 246 valence electrons. The molecule has 0 spiro atoms. The van der Waals surface area contributed by atoms with Crippen LogP contribution in [0.3, 0.4) is 0 Å². The molecule has 0 bridgehead atoms. The second kappa shape index (κ2) is 21.2. The number of amides is 1. The smallest absolute Gasteiger partial charge is 0.410 e. The van der Waals surface area contributed by atoms with Crippen LogP contribution in [0, 0.1) is 0 Å². The van der Waals surface area contributed by atoms with Gasteiger partial charge in [-0.2, -0.15) is 0 Å². The van der Waals surface area contributed by atoms with E-state index in [0.29, 0.717) is 18.7 Å². The van der Waals surface area contributed by atoms with Crippen molar-refractivity contribution in [2.45, 2.75) is 96.6 Å². The summed E-state index contributed by atoms with van der Waals surface area (Å²) >= 11 is 11.8. The Balaban J connectivity index is 0.000000773. The number of ether oxygens (including phenoxy) is 3. The summed E-state index contributed by atoms with van der Waals surface area (Å²) in [6.07, 6.45) is 6.06. The molecule has 2 aromatic carbocycles. The van der Waals surface area contributed by atoms with Gasteiger partial charge in [-0.25, -0.2) is 4.79 Å². The van der Waals surface area contributed by atoms with Crippen LogP contribution in [0.5, 0.6) is 0 Å². The lowest BCUT2D eigenvalue weighted by Crippen LogP contribution is -2.50. The minimum Gasteiger partial charge on any atom is -0.444 e. The quantitative estimate of drug-likeness (QED) is 0.335. The molecule has 0 radical (unpaired) electrons. The van der Waals surface area contributed by atoms with E-state index in [1.54, 1.807) is 14.2 Å². The molecule has 43 heavy (non-hydrogen) atoms. The third-order valence-electron chi connectivity index (χ3n) is 7.19. The number of carbonyl (C=O) groups excluding carboxylic acids is 1. The van der Waals surface area contributed by atoms with Gasteiger partial charge in [0.25, 0.3) is 0 Å². The van der Waals surface area contributed by atoms with Crippen LogP contribution in [0.15, 0.2) is 48.5 Å². The first-order chi connectivity index (χ1) is 20.0. The number of piperidine rings is 2. The standard InChI is InChI=1S/C18H26ClNO3.C13H18ClNO.CH3F.CH4.ClH/c1-18(2,3)23-17(21)20-10-9-16(22-4)12-15(20)11-13-5-7-14(19)8-6-13;1-16-13-6-7-15-12(9-13)8-10-2-4-11(14)5-3-10;1-2;;/h5-8,15-16H,9-12H2,1-4H3;2-5,12-13,15H,6-9H2,1H3;1H3;1H4;1H/t15?,16-;12?,13-;;;/m11.../s1/i;;1D;;. The first-order valence-electron chi connectivity index (χ1n) is 14.8. The maximum atomic E-state index is 12.5. The van der Waals surface area contributed by atoms with E-state index in [1.165, 1.54) is 5.56 Å². The Morgan fingerprint density at radius 3 is 1.93 bits per heavy atom. The highest BCUT2D eigenvalue weighted by molar-refractivity contribution is 6.30. The predicted molar refractivity (Wildman–Crippen MR) is 180 cm³/mol. The average Bonchev–Trinajstić information content (AvgIpc) is 2.95. The molecule has 4 rings (SSSR count). The molecule has 6 nitrogen and oxygen atoms in total. The minimum atomic E-state index is -1.00. The summed E-state index contributed by atoms with van der Waals surface area (Å²) in [5.41, 5.74) is 2.00. The van der Waals surface area contributed by atoms with Gasteiger partial charge in [0.05, 0.1) is 20.7 Å². The van der Waals surface area contributed by atoms with E-state index < -0.39 is 12.8 Å². The van der Waals surface area contributed by atoms with Crippen LogP contribution in [-0.4, -0.2) is 75.3 Å². The van der Waals surface area contributed by atoms with E-state index in [9.17, 15) is 9.18 Å². The topological polar surface area (TPSA) is 60.0 Å². The lowest BCUT2D eigenvalue weighted by Gasteiger charge is -2.39. The summed E-state index contributed by atoms with van der Waals surface area (Å²) in [7, 11) is 2.53. The van der Waals surface area contributed by atoms with E-state index in [1.807, 2.05) is 62.1 Å². The summed E-state index contributed by atoms with van der Waals surface area (Å²) in [6.45, 7) is 7.38. The highest BCUT2D eigenvalue weighted by Gasteiger charge is 2.34. The number of hydrogen-bond donors (Lipinski definition) is 1. The number of benzene rings is 2. The number of rotatable bonds is 6. The predicted octanol–water partition coefficient (Wildman–Crippen LogP) is 8.59. The number of methoxy groups -OCH3 is 2. The lowest BCUT2D eigenvalue weighted by molar-refractivity contribution is -0.0177. The van der Waals surface area contributed by atoms with Crippen LogP contribution in [0.4, 0.5) is 9.18 Å². The molecule has 2 unspecified atom stereocenters. The van der Waals surface area contributed by atoms with Crippen molar-refractivity contribution < 1.29 is 24.8 Å². The molecule has 2 saturated heterocycles. The second-order valence-electron chi connectivity index (χ2n) is 11.4. The van der Waals surface area contributed by atoms with Crippen molar-refractivity contribution in [1.82, 2.24) is 10.2 Å². The summed E-state index contributed by atoms with van der Waals surface area (Å²) in [5.74, 6) is 0. The monoisotopic (exact) mass is 665 g/mol. The van der Waals surface area contributed by atoms with Gasteiger partial charge < -0.3 is 24.4 Å². The van der Waals surface area contributed by atoms with Gasteiger partial charge in [-0.1, -0.05) is 54.9 Å². The SMILES string of the molecule is C.CO[C@@H]1CCN(C(=O)OC(C)(C)C)C(Cc2ccc(Cl)cc2)C1.CO[C@@H]1CCNC(Cc2ccc(Cl)cc2)C1.Cl.[2H]CF. The van der Waals surface area contributed by atoms with Crippen molar-refractivity contribution in [3.8, 4) is 0 Å². The van der Waals surface area contributed by atoms with E-state index in [2.05, 4.69) is 17.4 Å². The van der Waals surface area contributed by atoms with E-state index in [-0.39, 0.29) is 38.1 Å². The Kier molecular flexibility index (Phi) is 19.4. The van der Waals surface area contributed by atoms with Crippen molar-refractivity contribution in [3.05, 3.63) is 69.7 Å². The first-order valence-corrected chi connectivity index (χ1v) is 14.9. The highest BCUT2D eigenvalue weighted by Crippen LogP contribution is 2.25. The van der Waals surface area contributed by atoms with Crippen LogP contribution < -0.4 is 5.32 Å². The number of nitrogens with zero attached hydrogens (tertiary/aromatic N) is 1. The van der Waals surface area contributed by atoms with Gasteiger partial charge >= 0.3 is 6.09 Å². The van der Waals surface area contributed by atoms with Crippen molar-refractivity contribution in [2.24, 2.45) is 0 Å². The summed E-state index contributed by atoms with van der Waals surface area (Å²) in [5, 5.41) is 5.05. The van der Waals surface area contributed by atoms with Crippen molar-refractivity contribution >= 4 is 41.7 Å². The van der Waals surface area contributed by atoms with Crippen LogP contribution >= 0.6 is 35.6 Å². The number of alkyl halides is 1. The Morgan fingerprint density at radius 1 is 0.953 bits per heavy atom. The summed E-state index contributed by atoms with van der Waals surface area (Å²) < 4.78 is 32.0. The normalized spacial score (nSPS) is 21.8. The molecule has 10 heteroatoms. The fraction of sp³-hybridized carbons (Fsp3) is 0.606. The van der Waals surface area contributed by atoms with Crippen LogP contribution in [0.25, 0.3) is 0 Å². The second-order valence-corrected chi connectivity index (χ2v) is 12.3. The van der Waals surface area contributed by atoms with Crippen LogP contribution in [0.1, 0.15) is 66.4 Å². The molecule has 2 aromatic rings. The number of nitrogens with one attached hydrogen (secondary N) is 1. The molecule has 2 fully saturated rings. The lowest BCUT2D eigenvalue weighted by atomic mass is 9.94. The largest absolute Gasteiger partial charge is 0.444 e. The van der Waals surface area contributed by atoms with E-state index >= 15 is 0 Å². The Bertz CT molecular complexity index is 1040. The molecule has 1 amide bonds. The van der Waals surface area contributed by atoms with Gasteiger partial charge in [-0.3, -0.25) is 4.39 Å². The summed E-state index contributed by atoms with van der Waals surface area (Å²) in [6, 6.07) is 16.5. The van der Waals surface area contributed by atoms with E-state index in [4.69, 9.17) is 38.8 Å². The van der Waals surface area contributed by atoms with Gasteiger partial charge in [-0.15, -0.1) is 12.4 Å². The minimum absolute atomic E-state index is 0. The first kappa shape index (κ1) is 39.4. The Labute approximate surface area is 276 Å². The third-order valence-corrected chi connectivity index (χ3v) is 7.69. The molecule has 0 aliphatic carbocycles. The Morgan fingerprint density at radius 2 is 1.44 bits per heavy atom. The molecule has 1 N–H and O–H groups in total. The molecule has 2 heterocycles. The van der Waals surface area contributed by atoms with Crippen molar-refractivity contribution in [1.29, 1.82) is 0 Å². The number of likely N-dealkylation sites (tertiary alicyclic amines) is 1. The fourth-order valence-corrected chi connectivity index (χ4v) is 5.37. The third kappa shape index (κ3) is 15.3. The molecule has 2 aliphatic rings. The number of carbonyl (C=O) groups is 1. The molecular weight excluding hydrogens is 614 g/mol. The maximum absolute atomic E-state index is 12.5. The van der Waals surface area contributed by atoms with Crippen LogP contribution in [0.2, 0.25) is 10.0 Å². The zero-order valence-corrected chi connectivity index (χ0v) is 27.7. The maximum Gasteiger partial charge on any atom is 0.410 e. The average molecular weight is 667 g/mol. The molecular formula is C33H52Cl3FN2O4. The molecule has 0 aromatic heterocycles.